The maximum Gasteiger partial charge on any atom is 0.0492 e. The minimum atomic E-state index is 0.174. The van der Waals surface area contributed by atoms with Gasteiger partial charge in [0.25, 0.3) is 0 Å². The molecule has 0 aliphatic rings. The molecule has 0 bridgehead atoms. The van der Waals surface area contributed by atoms with Gasteiger partial charge in [0.15, 0.2) is 0 Å². The first-order chi connectivity index (χ1) is 8.72. The zero-order chi connectivity index (χ0) is 13.0. The lowest BCUT2D eigenvalue weighted by molar-refractivity contribution is 0.505. The lowest BCUT2D eigenvalue weighted by Gasteiger charge is -2.17. The SMILES string of the molecule is Cn1nccc1CCC(NN)c1ccccc1I. The van der Waals surface area contributed by atoms with Gasteiger partial charge in [-0.3, -0.25) is 16.0 Å². The number of nitrogens with two attached hydrogens (primary N) is 1. The van der Waals surface area contributed by atoms with Crippen molar-refractivity contribution in [2.75, 3.05) is 0 Å². The van der Waals surface area contributed by atoms with Crippen molar-refractivity contribution in [3.63, 3.8) is 0 Å². The Bertz CT molecular complexity index is 509. The molecular weight excluding hydrogens is 339 g/mol. The third kappa shape index (κ3) is 3.09. The summed E-state index contributed by atoms with van der Waals surface area (Å²) in [6, 6.07) is 10.5. The molecule has 96 valence electrons. The zero-order valence-electron chi connectivity index (χ0n) is 10.3. The molecule has 3 N–H and O–H groups in total. The van der Waals surface area contributed by atoms with Crippen LogP contribution in [0.3, 0.4) is 0 Å². The Morgan fingerprint density at radius 2 is 2.17 bits per heavy atom. The number of hydrazine groups is 1. The van der Waals surface area contributed by atoms with E-state index in [9.17, 15) is 0 Å². The van der Waals surface area contributed by atoms with E-state index in [4.69, 9.17) is 5.84 Å². The van der Waals surface area contributed by atoms with E-state index < -0.39 is 0 Å². The molecule has 2 aromatic rings. The molecule has 1 aromatic heterocycles. The van der Waals surface area contributed by atoms with Crippen LogP contribution in [-0.2, 0) is 13.5 Å². The molecule has 4 nitrogen and oxygen atoms in total. The predicted molar refractivity (Wildman–Crippen MR) is 80.8 cm³/mol. The largest absolute Gasteiger partial charge is 0.273 e. The first-order valence-corrected chi connectivity index (χ1v) is 6.97. The third-order valence-corrected chi connectivity index (χ3v) is 4.08. The van der Waals surface area contributed by atoms with Crippen LogP contribution in [0.25, 0.3) is 0 Å². The maximum atomic E-state index is 5.68. The maximum absolute atomic E-state index is 5.68. The van der Waals surface area contributed by atoms with E-state index in [0.717, 1.165) is 12.8 Å². The summed E-state index contributed by atoms with van der Waals surface area (Å²) < 4.78 is 3.15. The van der Waals surface area contributed by atoms with Crippen molar-refractivity contribution in [3.05, 3.63) is 51.4 Å². The van der Waals surface area contributed by atoms with Gasteiger partial charge in [-0.25, -0.2) is 0 Å². The first kappa shape index (κ1) is 13.5. The van der Waals surface area contributed by atoms with Gasteiger partial charge >= 0.3 is 0 Å². The van der Waals surface area contributed by atoms with Crippen molar-refractivity contribution < 1.29 is 0 Å². The molecule has 1 heterocycles. The Morgan fingerprint density at radius 1 is 1.39 bits per heavy atom. The number of halogens is 1. The minimum absolute atomic E-state index is 0.174. The fourth-order valence-corrected chi connectivity index (χ4v) is 2.79. The average Bonchev–Trinajstić information content (AvgIpc) is 2.78. The Kier molecular flexibility index (Phi) is 4.73. The van der Waals surface area contributed by atoms with Crippen molar-refractivity contribution in [1.82, 2.24) is 15.2 Å². The van der Waals surface area contributed by atoms with Gasteiger partial charge in [-0.1, -0.05) is 18.2 Å². The number of aromatic nitrogens is 2. The second-order valence-electron chi connectivity index (χ2n) is 4.23. The van der Waals surface area contributed by atoms with Crippen molar-refractivity contribution in [2.24, 2.45) is 12.9 Å². The summed E-state index contributed by atoms with van der Waals surface area (Å²) in [6.45, 7) is 0. The highest BCUT2D eigenvalue weighted by atomic mass is 127. The van der Waals surface area contributed by atoms with Crippen LogP contribution in [0, 0.1) is 3.57 Å². The molecule has 18 heavy (non-hydrogen) atoms. The molecule has 0 fully saturated rings. The highest BCUT2D eigenvalue weighted by Gasteiger charge is 2.13. The van der Waals surface area contributed by atoms with E-state index in [-0.39, 0.29) is 6.04 Å². The zero-order valence-corrected chi connectivity index (χ0v) is 12.5. The molecule has 1 aromatic carbocycles. The van der Waals surface area contributed by atoms with Crippen molar-refractivity contribution in [2.45, 2.75) is 18.9 Å². The second kappa shape index (κ2) is 6.31. The fraction of sp³-hybridized carbons (Fsp3) is 0.308. The Labute approximate surface area is 121 Å². The van der Waals surface area contributed by atoms with Crippen molar-refractivity contribution >= 4 is 22.6 Å². The van der Waals surface area contributed by atoms with Crippen molar-refractivity contribution in [3.8, 4) is 0 Å². The second-order valence-corrected chi connectivity index (χ2v) is 5.39. The summed E-state index contributed by atoms with van der Waals surface area (Å²) in [5.41, 5.74) is 5.38. The van der Waals surface area contributed by atoms with E-state index in [1.165, 1.54) is 14.8 Å². The van der Waals surface area contributed by atoms with Crippen LogP contribution in [0.5, 0.6) is 0 Å². The summed E-state index contributed by atoms with van der Waals surface area (Å²) in [4.78, 5) is 0. The Balaban J connectivity index is 2.07. The molecule has 0 aliphatic carbocycles. The molecule has 0 amide bonds. The number of nitrogens with one attached hydrogen (secondary N) is 1. The minimum Gasteiger partial charge on any atom is -0.273 e. The monoisotopic (exact) mass is 356 g/mol. The van der Waals surface area contributed by atoms with E-state index >= 15 is 0 Å². The summed E-state index contributed by atoms with van der Waals surface area (Å²) >= 11 is 2.35. The molecule has 0 radical (unpaired) electrons. The molecule has 0 aliphatic heterocycles. The fourth-order valence-electron chi connectivity index (χ4n) is 2.03. The lowest BCUT2D eigenvalue weighted by atomic mass is 10.0. The van der Waals surface area contributed by atoms with Crippen LogP contribution < -0.4 is 11.3 Å². The number of rotatable bonds is 5. The summed E-state index contributed by atoms with van der Waals surface area (Å²) in [6.07, 6.45) is 3.73. The van der Waals surface area contributed by atoms with Gasteiger partial charge in [0.05, 0.1) is 0 Å². The van der Waals surface area contributed by atoms with Gasteiger partial charge in [-0.15, -0.1) is 0 Å². The average molecular weight is 356 g/mol. The normalized spacial score (nSPS) is 12.6. The Hall–Kier alpha value is -0.920. The summed E-state index contributed by atoms with van der Waals surface area (Å²) in [7, 11) is 1.96. The number of aryl methyl sites for hydroxylation is 2. The van der Waals surface area contributed by atoms with Crippen molar-refractivity contribution in [1.29, 1.82) is 0 Å². The van der Waals surface area contributed by atoms with E-state index in [0.29, 0.717) is 0 Å². The van der Waals surface area contributed by atoms with Crippen LogP contribution in [-0.4, -0.2) is 9.78 Å². The van der Waals surface area contributed by atoms with Gasteiger partial charge in [-0.2, -0.15) is 5.10 Å². The molecule has 0 saturated heterocycles. The van der Waals surface area contributed by atoms with Crippen LogP contribution >= 0.6 is 22.6 Å². The quantitative estimate of drug-likeness (QED) is 0.491. The van der Waals surface area contributed by atoms with Crippen LogP contribution in [0.2, 0.25) is 0 Å². The number of hydrogen-bond donors (Lipinski definition) is 2. The van der Waals surface area contributed by atoms with Gasteiger partial charge in [0.2, 0.25) is 0 Å². The third-order valence-electron chi connectivity index (χ3n) is 3.09. The van der Waals surface area contributed by atoms with Crippen LogP contribution in [0.4, 0.5) is 0 Å². The highest BCUT2D eigenvalue weighted by molar-refractivity contribution is 14.1. The number of nitrogens with zero attached hydrogens (tertiary/aromatic N) is 2. The molecule has 2 rings (SSSR count). The standard InChI is InChI=1S/C13H17IN4/c1-18-10(8-9-16-18)6-7-13(17-15)11-4-2-3-5-12(11)14/h2-5,8-9,13,17H,6-7,15H2,1H3. The van der Waals surface area contributed by atoms with E-state index in [1.54, 1.807) is 0 Å². The van der Waals surface area contributed by atoms with Gasteiger partial charge < -0.3 is 0 Å². The molecule has 0 spiro atoms. The Morgan fingerprint density at radius 3 is 2.78 bits per heavy atom. The smallest absolute Gasteiger partial charge is 0.0492 e. The molecule has 0 saturated carbocycles. The van der Waals surface area contributed by atoms with Gasteiger partial charge in [0.1, 0.15) is 0 Å². The molecule has 5 heteroatoms. The highest BCUT2D eigenvalue weighted by Crippen LogP contribution is 2.23. The van der Waals surface area contributed by atoms with E-state index in [1.807, 2.05) is 36.1 Å². The lowest BCUT2D eigenvalue weighted by Crippen LogP contribution is -2.29. The molecule has 1 unspecified atom stereocenters. The van der Waals surface area contributed by atoms with E-state index in [2.05, 4.69) is 45.2 Å². The van der Waals surface area contributed by atoms with Gasteiger partial charge in [-0.05, 0) is 53.1 Å². The predicted octanol–water partition coefficient (Wildman–Crippen LogP) is 2.16. The topological polar surface area (TPSA) is 55.9 Å². The number of benzene rings is 1. The van der Waals surface area contributed by atoms with Gasteiger partial charge in [0, 0.05) is 28.6 Å². The van der Waals surface area contributed by atoms with Crippen LogP contribution in [0.15, 0.2) is 36.5 Å². The molecular formula is C13H17IN4. The summed E-state index contributed by atoms with van der Waals surface area (Å²) in [5.74, 6) is 5.68. The molecule has 1 atom stereocenters. The van der Waals surface area contributed by atoms with Crippen LogP contribution in [0.1, 0.15) is 23.7 Å². The summed E-state index contributed by atoms with van der Waals surface area (Å²) in [5, 5.41) is 4.17. The first-order valence-electron chi connectivity index (χ1n) is 5.90. The number of hydrogen-bond acceptors (Lipinski definition) is 3.